The molecule has 0 atom stereocenters. The first-order valence-corrected chi connectivity index (χ1v) is 12.2. The van der Waals surface area contributed by atoms with Crippen molar-refractivity contribution >= 4 is 35.4 Å². The van der Waals surface area contributed by atoms with Crippen LogP contribution in [-0.4, -0.2) is 74.5 Å². The van der Waals surface area contributed by atoms with Crippen molar-refractivity contribution in [1.29, 1.82) is 0 Å². The normalized spacial score (nSPS) is 14.6. The van der Waals surface area contributed by atoms with Crippen molar-refractivity contribution in [2.24, 2.45) is 0 Å². The average molecular weight is 464 g/mol. The Balaban J connectivity index is 1.93. The SMILES string of the molecule is COCCn1c(-c2ccc(SC(C)(C)C(=O)O)cc2)nc(C)c1C(=O)N1CCSCC1. The van der Waals surface area contributed by atoms with Gasteiger partial charge < -0.3 is 19.3 Å². The van der Waals surface area contributed by atoms with E-state index in [1.54, 1.807) is 21.0 Å². The predicted octanol–water partition coefficient (Wildman–Crippen LogP) is 3.65. The number of carboxylic acids is 1. The Morgan fingerprint density at radius 2 is 1.87 bits per heavy atom. The standard InChI is InChI=1S/C22H29N3O4S2/c1-15-18(20(26)24-10-13-30-14-11-24)25(9-12-29-4)19(23-15)16-5-7-17(8-6-16)31-22(2,3)21(27)28/h5-8H,9-14H2,1-4H3,(H,27,28). The van der Waals surface area contributed by atoms with Crippen LogP contribution in [0, 0.1) is 6.92 Å². The van der Waals surface area contributed by atoms with Gasteiger partial charge in [-0.1, -0.05) is 12.1 Å². The zero-order chi connectivity index (χ0) is 22.6. The molecule has 2 aromatic rings. The van der Waals surface area contributed by atoms with Crippen molar-refractivity contribution in [3.63, 3.8) is 0 Å². The molecule has 1 aromatic carbocycles. The lowest BCUT2D eigenvalue weighted by molar-refractivity contribution is -0.138. The summed E-state index contributed by atoms with van der Waals surface area (Å²) in [7, 11) is 1.64. The van der Waals surface area contributed by atoms with Crippen LogP contribution in [0.4, 0.5) is 0 Å². The Morgan fingerprint density at radius 3 is 2.45 bits per heavy atom. The van der Waals surface area contributed by atoms with Gasteiger partial charge in [0.05, 0.1) is 12.3 Å². The number of carboxylic acid groups (broad SMARTS) is 1. The first-order valence-electron chi connectivity index (χ1n) is 10.2. The highest BCUT2D eigenvalue weighted by Gasteiger charge is 2.29. The molecule has 0 aliphatic carbocycles. The molecule has 7 nitrogen and oxygen atoms in total. The topological polar surface area (TPSA) is 84.7 Å². The van der Waals surface area contributed by atoms with Gasteiger partial charge in [-0.2, -0.15) is 11.8 Å². The molecule has 1 aromatic heterocycles. The second kappa shape index (κ2) is 10.1. The molecule has 1 saturated heterocycles. The molecule has 1 aliphatic rings. The van der Waals surface area contributed by atoms with Gasteiger partial charge in [-0.15, -0.1) is 11.8 Å². The molecule has 3 rings (SSSR count). The fourth-order valence-corrected chi connectivity index (χ4v) is 5.24. The summed E-state index contributed by atoms with van der Waals surface area (Å²) in [4.78, 5) is 32.2. The number of carbonyl (C=O) groups excluding carboxylic acids is 1. The van der Waals surface area contributed by atoms with Crippen molar-refractivity contribution < 1.29 is 19.4 Å². The summed E-state index contributed by atoms with van der Waals surface area (Å²) in [6.07, 6.45) is 0. The van der Waals surface area contributed by atoms with Gasteiger partial charge in [0.2, 0.25) is 0 Å². The van der Waals surface area contributed by atoms with Crippen molar-refractivity contribution in [2.45, 2.75) is 37.0 Å². The highest BCUT2D eigenvalue weighted by molar-refractivity contribution is 8.01. The van der Waals surface area contributed by atoms with E-state index in [0.717, 1.165) is 40.9 Å². The minimum atomic E-state index is -0.915. The van der Waals surface area contributed by atoms with Crippen molar-refractivity contribution in [3.8, 4) is 11.4 Å². The number of amides is 1. The number of ether oxygens (including phenoxy) is 1. The number of methoxy groups -OCH3 is 1. The third kappa shape index (κ3) is 5.45. The van der Waals surface area contributed by atoms with Gasteiger partial charge >= 0.3 is 5.97 Å². The first-order chi connectivity index (χ1) is 14.7. The molecule has 9 heteroatoms. The van der Waals surface area contributed by atoms with Gasteiger partial charge in [0, 0.05) is 48.7 Å². The summed E-state index contributed by atoms with van der Waals surface area (Å²) in [5.41, 5.74) is 2.20. The number of hydrogen-bond donors (Lipinski definition) is 1. The first kappa shape index (κ1) is 23.7. The molecule has 168 valence electrons. The van der Waals surface area contributed by atoms with E-state index in [1.807, 2.05) is 52.4 Å². The summed E-state index contributed by atoms with van der Waals surface area (Å²) in [6.45, 7) is 7.74. The lowest BCUT2D eigenvalue weighted by Crippen LogP contribution is -2.39. The largest absolute Gasteiger partial charge is 0.480 e. The van der Waals surface area contributed by atoms with Gasteiger partial charge in [-0.3, -0.25) is 9.59 Å². The van der Waals surface area contributed by atoms with Gasteiger partial charge in [-0.25, -0.2) is 4.98 Å². The predicted molar refractivity (Wildman–Crippen MR) is 125 cm³/mol. The van der Waals surface area contributed by atoms with Gasteiger partial charge in [-0.05, 0) is 32.9 Å². The van der Waals surface area contributed by atoms with E-state index >= 15 is 0 Å². The number of rotatable bonds is 8. The number of imidazole rings is 1. The lowest BCUT2D eigenvalue weighted by Gasteiger charge is -2.27. The van der Waals surface area contributed by atoms with Crippen LogP contribution in [0.15, 0.2) is 29.2 Å². The molecule has 1 aliphatic heterocycles. The summed E-state index contributed by atoms with van der Waals surface area (Å²) >= 11 is 3.17. The van der Waals surface area contributed by atoms with Crippen molar-refractivity contribution in [3.05, 3.63) is 35.7 Å². The Bertz CT molecular complexity index is 935. The van der Waals surface area contributed by atoms with E-state index in [2.05, 4.69) is 0 Å². The van der Waals surface area contributed by atoms with Gasteiger partial charge in [0.15, 0.2) is 0 Å². The number of carbonyl (C=O) groups is 2. The fraction of sp³-hybridized carbons (Fsp3) is 0.500. The summed E-state index contributed by atoms with van der Waals surface area (Å²) < 4.78 is 6.32. The van der Waals surface area contributed by atoms with Crippen LogP contribution in [0.5, 0.6) is 0 Å². The van der Waals surface area contributed by atoms with Crippen LogP contribution in [0.25, 0.3) is 11.4 Å². The number of aliphatic carboxylic acids is 1. The molecule has 31 heavy (non-hydrogen) atoms. The van der Waals surface area contributed by atoms with E-state index in [4.69, 9.17) is 9.72 Å². The van der Waals surface area contributed by atoms with E-state index in [-0.39, 0.29) is 5.91 Å². The van der Waals surface area contributed by atoms with Crippen molar-refractivity contribution in [2.75, 3.05) is 38.3 Å². The third-order valence-corrected chi connectivity index (χ3v) is 7.30. The highest BCUT2D eigenvalue weighted by atomic mass is 32.2. The maximum absolute atomic E-state index is 13.3. The van der Waals surface area contributed by atoms with Gasteiger partial charge in [0.25, 0.3) is 5.91 Å². The van der Waals surface area contributed by atoms with Crippen LogP contribution in [0.1, 0.15) is 30.0 Å². The van der Waals surface area contributed by atoms with E-state index in [1.165, 1.54) is 11.8 Å². The molecular formula is C22H29N3O4S2. The molecule has 0 spiro atoms. The van der Waals surface area contributed by atoms with Crippen LogP contribution >= 0.6 is 23.5 Å². The number of hydrogen-bond acceptors (Lipinski definition) is 6. The minimum Gasteiger partial charge on any atom is -0.480 e. The lowest BCUT2D eigenvalue weighted by atomic mass is 10.2. The van der Waals surface area contributed by atoms with Crippen LogP contribution in [0.3, 0.4) is 0 Å². The second-order valence-electron chi connectivity index (χ2n) is 7.86. The maximum atomic E-state index is 13.3. The van der Waals surface area contributed by atoms with E-state index < -0.39 is 10.7 Å². The molecule has 1 fully saturated rings. The van der Waals surface area contributed by atoms with Crippen LogP contribution < -0.4 is 0 Å². The quantitative estimate of drug-likeness (QED) is 0.598. The molecule has 2 heterocycles. The second-order valence-corrected chi connectivity index (χ2v) is 10.8. The molecule has 0 unspecified atom stereocenters. The van der Waals surface area contributed by atoms with Gasteiger partial charge in [0.1, 0.15) is 16.3 Å². The fourth-order valence-electron chi connectivity index (χ4n) is 3.39. The monoisotopic (exact) mass is 463 g/mol. The average Bonchev–Trinajstić information content (AvgIpc) is 3.08. The molecule has 0 saturated carbocycles. The number of nitrogens with zero attached hydrogens (tertiary/aromatic N) is 3. The number of aromatic nitrogens is 2. The smallest absolute Gasteiger partial charge is 0.319 e. The minimum absolute atomic E-state index is 0.0167. The zero-order valence-electron chi connectivity index (χ0n) is 18.4. The van der Waals surface area contributed by atoms with Crippen LogP contribution in [0.2, 0.25) is 0 Å². The van der Waals surface area contributed by atoms with Crippen molar-refractivity contribution in [1.82, 2.24) is 14.5 Å². The Labute approximate surface area is 191 Å². The molecule has 0 radical (unpaired) electrons. The molecule has 0 bridgehead atoms. The number of benzene rings is 1. The Hall–Kier alpha value is -1.97. The Kier molecular flexibility index (Phi) is 7.72. The third-order valence-electron chi connectivity index (χ3n) is 5.16. The summed E-state index contributed by atoms with van der Waals surface area (Å²) in [5.74, 6) is 1.79. The number of thioether (sulfide) groups is 2. The molecule has 1 N–H and O–H groups in total. The Morgan fingerprint density at radius 1 is 1.23 bits per heavy atom. The zero-order valence-corrected chi connectivity index (χ0v) is 20.0. The maximum Gasteiger partial charge on any atom is 0.319 e. The van der Waals surface area contributed by atoms with E-state index in [0.29, 0.717) is 24.5 Å². The molecular weight excluding hydrogens is 434 g/mol. The van der Waals surface area contributed by atoms with Crippen LogP contribution in [-0.2, 0) is 16.1 Å². The summed E-state index contributed by atoms with van der Waals surface area (Å²) in [5, 5.41) is 9.36. The number of aryl methyl sites for hydroxylation is 1. The summed E-state index contributed by atoms with van der Waals surface area (Å²) in [6, 6.07) is 7.66. The van der Waals surface area contributed by atoms with E-state index in [9.17, 15) is 14.7 Å². The molecule has 1 amide bonds. The highest BCUT2D eigenvalue weighted by Crippen LogP contribution is 2.34.